The largest absolute Gasteiger partial charge is 0.459 e. The van der Waals surface area contributed by atoms with Crippen LogP contribution in [-0.2, 0) is 38.1 Å². The average molecular weight is 769 g/mol. The van der Waals surface area contributed by atoms with Gasteiger partial charge in [0.1, 0.15) is 23.7 Å². The molecule has 3 fully saturated rings. The van der Waals surface area contributed by atoms with Gasteiger partial charge in [0, 0.05) is 30.5 Å². The molecule has 5 unspecified atom stereocenters. The molecule has 12 heteroatoms. The fourth-order valence-electron chi connectivity index (χ4n) is 8.53. The van der Waals surface area contributed by atoms with E-state index in [-0.39, 0.29) is 38.2 Å². The zero-order valence-corrected chi connectivity index (χ0v) is 34.6. The highest BCUT2D eigenvalue weighted by Crippen LogP contribution is 2.40. The van der Waals surface area contributed by atoms with Crippen molar-refractivity contribution in [3.8, 4) is 0 Å². The summed E-state index contributed by atoms with van der Waals surface area (Å²) in [6.45, 7) is 15.5. The Morgan fingerprint density at radius 2 is 1.73 bits per heavy atom. The van der Waals surface area contributed by atoms with Gasteiger partial charge in [-0.25, -0.2) is 4.99 Å². The predicted molar refractivity (Wildman–Crippen MR) is 210 cm³/mol. The summed E-state index contributed by atoms with van der Waals surface area (Å²) in [6, 6.07) is 9.54. The van der Waals surface area contributed by atoms with E-state index >= 15 is 0 Å². The fraction of sp³-hybridized carbons (Fsp3) is 0.674. The van der Waals surface area contributed by atoms with Crippen LogP contribution < -0.4 is 0 Å². The quantitative estimate of drug-likeness (QED) is 0.291. The molecule has 0 aromatic heterocycles. The van der Waals surface area contributed by atoms with Crippen LogP contribution in [0.1, 0.15) is 87.1 Å². The van der Waals surface area contributed by atoms with Gasteiger partial charge in [-0.3, -0.25) is 14.4 Å². The number of likely N-dealkylation sites (N-methyl/N-ethyl adjacent to an activating group) is 1. The second-order valence-electron chi connectivity index (χ2n) is 16.5. The molecule has 1 aromatic carbocycles. The van der Waals surface area contributed by atoms with Crippen LogP contribution in [0.4, 0.5) is 0 Å². The van der Waals surface area contributed by atoms with Gasteiger partial charge in [0.2, 0.25) is 5.91 Å². The third-order valence-electron chi connectivity index (χ3n) is 11.6. The number of cyclic esters (lactones) is 1. The number of rotatable bonds is 6. The maximum atomic E-state index is 14.5. The van der Waals surface area contributed by atoms with E-state index < -0.39 is 83.2 Å². The van der Waals surface area contributed by atoms with Crippen molar-refractivity contribution in [1.82, 2.24) is 4.90 Å². The number of aliphatic hydroxyl groups is 2. The third kappa shape index (κ3) is 10.7. The van der Waals surface area contributed by atoms with Crippen molar-refractivity contribution in [2.75, 3.05) is 27.3 Å². The summed E-state index contributed by atoms with van der Waals surface area (Å²) in [6.07, 6.45) is 1.13. The summed E-state index contributed by atoms with van der Waals surface area (Å²) in [5, 5.41) is 24.0. The molecule has 0 saturated carbocycles. The normalized spacial score (nSPS) is 40.1. The van der Waals surface area contributed by atoms with E-state index in [1.807, 2.05) is 95.3 Å². The molecule has 0 radical (unpaired) electrons. The van der Waals surface area contributed by atoms with Crippen LogP contribution in [0, 0.1) is 23.7 Å². The van der Waals surface area contributed by atoms with Crippen molar-refractivity contribution in [3.63, 3.8) is 0 Å². The molecule has 2 bridgehead atoms. The summed E-state index contributed by atoms with van der Waals surface area (Å²) < 4.78 is 32.6. The Kier molecular flexibility index (Phi) is 15.3. The highest BCUT2D eigenvalue weighted by Gasteiger charge is 2.53. The monoisotopic (exact) mass is 768 g/mol. The second kappa shape index (κ2) is 18.9. The first-order chi connectivity index (χ1) is 25.8. The van der Waals surface area contributed by atoms with Gasteiger partial charge in [-0.1, -0.05) is 76.3 Å². The first-order valence-corrected chi connectivity index (χ1v) is 19.7. The maximum absolute atomic E-state index is 14.5. The van der Waals surface area contributed by atoms with Crippen LogP contribution >= 0.6 is 0 Å². The molecule has 1 amide bonds. The molecular formula is C43H64N2O10. The molecule has 3 saturated heterocycles. The Bertz CT molecular complexity index is 1570. The van der Waals surface area contributed by atoms with Crippen molar-refractivity contribution in [2.45, 2.75) is 136 Å². The average Bonchev–Trinajstić information content (AvgIpc) is 3.14. The number of fused-ring (bicyclic) bond motifs is 5. The molecule has 3 aliphatic heterocycles. The van der Waals surface area contributed by atoms with E-state index in [2.05, 4.69) is 4.99 Å². The third-order valence-corrected chi connectivity index (χ3v) is 11.6. The topological polar surface area (TPSA) is 153 Å². The van der Waals surface area contributed by atoms with Gasteiger partial charge in [0.25, 0.3) is 0 Å². The number of aliphatic hydroxyl groups excluding tert-OH is 1. The Balaban J connectivity index is 1.97. The number of hydrogen-bond donors (Lipinski definition) is 2. The van der Waals surface area contributed by atoms with Crippen LogP contribution in [0.25, 0.3) is 6.08 Å². The number of allylic oxidation sites excluding steroid dienone is 2. The maximum Gasteiger partial charge on any atom is 0.316 e. The summed E-state index contributed by atoms with van der Waals surface area (Å²) >= 11 is 0. The van der Waals surface area contributed by atoms with Crippen molar-refractivity contribution in [1.29, 1.82) is 0 Å². The molecule has 13 atom stereocenters. The summed E-state index contributed by atoms with van der Waals surface area (Å²) in [5.74, 6) is -4.98. The van der Waals surface area contributed by atoms with Gasteiger partial charge in [0.15, 0.2) is 12.1 Å². The number of benzene rings is 1. The minimum absolute atomic E-state index is 0.00930. The zero-order valence-electron chi connectivity index (χ0n) is 34.6. The number of carbonyl (C=O) groups is 3. The summed E-state index contributed by atoms with van der Waals surface area (Å²) in [4.78, 5) is 47.5. The first kappa shape index (κ1) is 44.6. The van der Waals surface area contributed by atoms with Gasteiger partial charge in [-0.15, -0.1) is 0 Å². The molecular weight excluding hydrogens is 704 g/mol. The standard InChI is InChI=1S/C43H64N2O10/c1-12-34-43(9,50)39-27(4)35(44-30(7)46)25(2)22-42(8,52-24-32(23-51-39)20-16-19-31-17-14-13-15-18-31)38(28(5)36(47)29(6)40(49)54-34)55-41-37(48)33(45(10)11)21-26(3)53-41/h13-20,25-29,33-34,37-39,41,48,50H,12,21-24H2,1-11H3/b19-16+,32-20-,44-35?/t25?,26-,27?,28+,29-,33+,34+,37?,38?,39?,41+,42-,43-/m1/s1. The van der Waals surface area contributed by atoms with Gasteiger partial charge < -0.3 is 38.8 Å². The number of Topliss-reactive ketones (excluding diaryl/α,β-unsaturated/α-hetero) is 1. The Morgan fingerprint density at radius 3 is 2.35 bits per heavy atom. The van der Waals surface area contributed by atoms with E-state index in [0.717, 1.165) is 5.56 Å². The molecule has 1 aromatic rings. The summed E-state index contributed by atoms with van der Waals surface area (Å²) in [5.41, 5.74) is -0.903. The molecule has 55 heavy (non-hydrogen) atoms. The SMILES string of the molecule is CC[C@@H]1OC(=O)[C@H](C)C(=O)[C@H](C)C(O[C@@H]2O[C@H](C)C[C@H](N(C)C)C2O)[C@@]2(C)CC(C)C(=NC(C)=O)C(C)C(OC/C(=C/C=C/c3ccccc3)CO2)[C@]1(C)O. The van der Waals surface area contributed by atoms with Crippen LogP contribution in [0.3, 0.4) is 0 Å². The molecule has 306 valence electrons. The number of ether oxygens (including phenoxy) is 5. The van der Waals surface area contributed by atoms with Crippen LogP contribution in [-0.4, -0.2) is 120 Å². The highest BCUT2D eigenvalue weighted by molar-refractivity contribution is 6.00. The van der Waals surface area contributed by atoms with Crippen molar-refractivity contribution in [2.24, 2.45) is 28.7 Å². The molecule has 2 N–H and O–H groups in total. The lowest BCUT2D eigenvalue weighted by atomic mass is 9.73. The molecule has 4 rings (SSSR count). The second-order valence-corrected chi connectivity index (χ2v) is 16.5. The van der Waals surface area contributed by atoms with E-state index in [0.29, 0.717) is 17.7 Å². The van der Waals surface area contributed by atoms with Crippen LogP contribution in [0.2, 0.25) is 0 Å². The molecule has 0 spiro atoms. The van der Waals surface area contributed by atoms with Crippen molar-refractivity contribution in [3.05, 3.63) is 53.6 Å². The smallest absolute Gasteiger partial charge is 0.316 e. The van der Waals surface area contributed by atoms with E-state index in [9.17, 15) is 24.6 Å². The number of amides is 1. The minimum atomic E-state index is -1.78. The molecule has 12 nitrogen and oxygen atoms in total. The Morgan fingerprint density at radius 1 is 1.05 bits per heavy atom. The number of hydrogen-bond acceptors (Lipinski definition) is 11. The van der Waals surface area contributed by atoms with Gasteiger partial charge in [-0.2, -0.15) is 0 Å². The van der Waals surface area contributed by atoms with Crippen LogP contribution in [0.5, 0.6) is 0 Å². The van der Waals surface area contributed by atoms with Gasteiger partial charge >= 0.3 is 5.97 Å². The highest BCUT2D eigenvalue weighted by atomic mass is 16.7. The lowest BCUT2D eigenvalue weighted by molar-refractivity contribution is -0.296. The molecule has 3 heterocycles. The van der Waals surface area contributed by atoms with E-state index in [4.69, 9.17) is 23.7 Å². The number of nitrogens with zero attached hydrogens (tertiary/aromatic N) is 2. The zero-order chi connectivity index (χ0) is 40.8. The number of carbonyl (C=O) groups excluding carboxylic acids is 3. The van der Waals surface area contributed by atoms with Crippen molar-refractivity contribution >= 4 is 29.4 Å². The van der Waals surface area contributed by atoms with Gasteiger partial charge in [-0.05, 0) is 78.1 Å². The number of aliphatic imine (C=N–C) groups is 1. The number of esters is 1. The minimum Gasteiger partial charge on any atom is -0.459 e. The predicted octanol–water partition coefficient (Wildman–Crippen LogP) is 5.19. The summed E-state index contributed by atoms with van der Waals surface area (Å²) in [7, 11) is 3.77. The van der Waals surface area contributed by atoms with Crippen LogP contribution in [0.15, 0.2) is 53.0 Å². The fourth-order valence-corrected chi connectivity index (χ4v) is 8.53. The Labute approximate surface area is 327 Å². The van der Waals surface area contributed by atoms with E-state index in [1.54, 1.807) is 20.8 Å². The first-order valence-electron chi connectivity index (χ1n) is 19.7. The van der Waals surface area contributed by atoms with Gasteiger partial charge in [0.05, 0.1) is 37.1 Å². The lowest BCUT2D eigenvalue weighted by Gasteiger charge is -2.47. The van der Waals surface area contributed by atoms with E-state index in [1.165, 1.54) is 13.8 Å². The molecule has 0 aliphatic carbocycles. The number of ketones is 1. The Hall–Kier alpha value is -3.10. The lowest BCUT2D eigenvalue weighted by Crippen LogP contribution is -2.60. The molecule has 3 aliphatic rings. The van der Waals surface area contributed by atoms with Crippen molar-refractivity contribution < 1.29 is 48.3 Å².